The lowest BCUT2D eigenvalue weighted by molar-refractivity contribution is 0.466. The van der Waals surface area contributed by atoms with E-state index in [1.807, 2.05) is 25.1 Å². The van der Waals surface area contributed by atoms with Crippen molar-refractivity contribution in [1.82, 2.24) is 0 Å². The predicted octanol–water partition coefficient (Wildman–Crippen LogP) is 2.80. The van der Waals surface area contributed by atoms with Gasteiger partial charge in [0.05, 0.1) is 0 Å². The number of thiophene rings is 1. The molecule has 0 saturated heterocycles. The van der Waals surface area contributed by atoms with E-state index in [0.717, 1.165) is 5.56 Å². The van der Waals surface area contributed by atoms with Gasteiger partial charge < -0.3 is 4.74 Å². The zero-order valence-electron chi connectivity index (χ0n) is 10.0. The molecule has 0 radical (unpaired) electrons. The molecule has 0 unspecified atom stereocenters. The minimum atomic E-state index is -3.77. The van der Waals surface area contributed by atoms with Crippen LogP contribution in [0.3, 0.4) is 0 Å². The van der Waals surface area contributed by atoms with E-state index in [1.165, 1.54) is 11.3 Å². The molecule has 1 heterocycles. The van der Waals surface area contributed by atoms with Gasteiger partial charge in [0.1, 0.15) is 10.6 Å². The molecule has 1 aromatic carbocycles. The van der Waals surface area contributed by atoms with Crippen LogP contribution in [-0.2, 0) is 10.0 Å². The first kappa shape index (κ1) is 13.1. The van der Waals surface area contributed by atoms with Gasteiger partial charge in [-0.1, -0.05) is 18.2 Å². The quantitative estimate of drug-likeness (QED) is 0.941. The van der Waals surface area contributed by atoms with E-state index in [2.05, 4.69) is 0 Å². The number of aryl methyl sites for hydroxylation is 2. The van der Waals surface area contributed by atoms with Gasteiger partial charge >= 0.3 is 0 Å². The van der Waals surface area contributed by atoms with Crippen molar-refractivity contribution in [3.8, 4) is 11.5 Å². The number of rotatable bonds is 3. The monoisotopic (exact) mass is 283 g/mol. The van der Waals surface area contributed by atoms with Gasteiger partial charge in [-0.25, -0.2) is 13.6 Å². The average Bonchev–Trinajstić information content (AvgIpc) is 2.62. The van der Waals surface area contributed by atoms with Gasteiger partial charge in [-0.15, -0.1) is 11.3 Å². The molecule has 6 heteroatoms. The zero-order valence-corrected chi connectivity index (χ0v) is 11.6. The maximum atomic E-state index is 11.5. The minimum Gasteiger partial charge on any atom is -0.455 e. The van der Waals surface area contributed by atoms with E-state index in [4.69, 9.17) is 9.88 Å². The summed E-state index contributed by atoms with van der Waals surface area (Å²) in [6.45, 7) is 3.60. The van der Waals surface area contributed by atoms with Crippen molar-refractivity contribution in [2.45, 2.75) is 18.7 Å². The van der Waals surface area contributed by atoms with Gasteiger partial charge in [-0.3, -0.25) is 0 Å². The van der Waals surface area contributed by atoms with Crippen molar-refractivity contribution in [3.63, 3.8) is 0 Å². The van der Waals surface area contributed by atoms with Gasteiger partial charge in [-0.2, -0.15) is 0 Å². The lowest BCUT2D eigenvalue weighted by Gasteiger charge is -2.08. The Bertz CT molecular complexity index is 674. The maximum absolute atomic E-state index is 11.5. The second-order valence-corrected chi connectivity index (χ2v) is 6.48. The largest absolute Gasteiger partial charge is 0.455 e. The van der Waals surface area contributed by atoms with Crippen LogP contribution >= 0.6 is 11.3 Å². The number of hydrogen-bond donors (Lipinski definition) is 1. The first-order chi connectivity index (χ1) is 8.39. The van der Waals surface area contributed by atoms with Crippen LogP contribution in [0.1, 0.15) is 10.4 Å². The normalized spacial score (nSPS) is 11.5. The van der Waals surface area contributed by atoms with E-state index >= 15 is 0 Å². The van der Waals surface area contributed by atoms with Crippen molar-refractivity contribution >= 4 is 21.4 Å². The summed E-state index contributed by atoms with van der Waals surface area (Å²) in [6.07, 6.45) is 0. The Morgan fingerprint density at radius 2 is 1.83 bits per heavy atom. The molecule has 0 aliphatic heterocycles. The lowest BCUT2D eigenvalue weighted by Crippen LogP contribution is -2.13. The highest BCUT2D eigenvalue weighted by atomic mass is 32.2. The molecule has 0 spiro atoms. The number of primary sulfonamides is 1. The molecule has 0 aliphatic carbocycles. The molecule has 18 heavy (non-hydrogen) atoms. The summed E-state index contributed by atoms with van der Waals surface area (Å²) in [6, 6.07) is 7.40. The summed E-state index contributed by atoms with van der Waals surface area (Å²) in [4.78, 5) is 0.692. The Morgan fingerprint density at radius 3 is 2.44 bits per heavy atom. The predicted molar refractivity (Wildman–Crippen MR) is 71.7 cm³/mol. The van der Waals surface area contributed by atoms with Crippen LogP contribution in [0.15, 0.2) is 34.5 Å². The first-order valence-electron chi connectivity index (χ1n) is 5.24. The Hall–Kier alpha value is -1.37. The van der Waals surface area contributed by atoms with E-state index in [9.17, 15) is 8.42 Å². The topological polar surface area (TPSA) is 69.4 Å². The van der Waals surface area contributed by atoms with Crippen molar-refractivity contribution in [2.24, 2.45) is 5.14 Å². The van der Waals surface area contributed by atoms with Crippen molar-refractivity contribution in [3.05, 3.63) is 40.1 Å². The number of ether oxygens (including phenoxy) is 1. The van der Waals surface area contributed by atoms with Crippen LogP contribution in [-0.4, -0.2) is 8.42 Å². The van der Waals surface area contributed by atoms with Crippen LogP contribution in [0.5, 0.6) is 11.5 Å². The van der Waals surface area contributed by atoms with Crippen molar-refractivity contribution < 1.29 is 13.2 Å². The molecule has 2 rings (SSSR count). The van der Waals surface area contributed by atoms with Gasteiger partial charge in [0.2, 0.25) is 10.0 Å². The van der Waals surface area contributed by atoms with Gasteiger partial charge in [0, 0.05) is 10.3 Å². The van der Waals surface area contributed by atoms with Crippen molar-refractivity contribution in [1.29, 1.82) is 0 Å². The highest BCUT2D eigenvalue weighted by molar-refractivity contribution is 7.89. The van der Waals surface area contributed by atoms with Crippen LogP contribution in [0.2, 0.25) is 0 Å². The third kappa shape index (κ3) is 2.55. The summed E-state index contributed by atoms with van der Waals surface area (Å²) in [5, 5.41) is 6.85. The fraction of sp³-hybridized carbons (Fsp3) is 0.167. The van der Waals surface area contributed by atoms with Gasteiger partial charge in [0.15, 0.2) is 5.75 Å². The van der Waals surface area contributed by atoms with Crippen LogP contribution in [0.25, 0.3) is 0 Å². The molecule has 0 aliphatic rings. The molecule has 4 nitrogen and oxygen atoms in total. The molecule has 2 N–H and O–H groups in total. The highest BCUT2D eigenvalue weighted by Gasteiger charge is 2.21. The molecule has 96 valence electrons. The standard InChI is InChI=1S/C12H13NO3S2/c1-8-5-3-4-6-10(8)16-11-7-17-9(2)12(11)18(13,14)15/h3-7H,1-2H3,(H2,13,14,15). The molecule has 0 atom stereocenters. The van der Waals surface area contributed by atoms with E-state index in [1.54, 1.807) is 18.4 Å². The second-order valence-electron chi connectivity index (χ2n) is 3.90. The van der Waals surface area contributed by atoms with E-state index in [-0.39, 0.29) is 10.6 Å². The summed E-state index contributed by atoms with van der Waals surface area (Å²) in [5.74, 6) is 0.912. The van der Waals surface area contributed by atoms with Gasteiger partial charge in [0.25, 0.3) is 0 Å². The smallest absolute Gasteiger partial charge is 0.242 e. The molecule has 0 bridgehead atoms. The number of benzene rings is 1. The zero-order chi connectivity index (χ0) is 13.3. The third-order valence-electron chi connectivity index (χ3n) is 2.48. The lowest BCUT2D eigenvalue weighted by atomic mass is 10.2. The Balaban J connectivity index is 2.46. The van der Waals surface area contributed by atoms with Crippen molar-refractivity contribution in [2.75, 3.05) is 0 Å². The summed E-state index contributed by atoms with van der Waals surface area (Å²) in [5.41, 5.74) is 0.932. The summed E-state index contributed by atoms with van der Waals surface area (Å²) >= 11 is 1.30. The Kier molecular flexibility index (Phi) is 3.43. The number of para-hydroxylation sites is 1. The molecule has 0 amide bonds. The number of nitrogens with two attached hydrogens (primary N) is 1. The Labute approximate surface area is 110 Å². The number of hydrogen-bond acceptors (Lipinski definition) is 4. The number of sulfonamides is 1. The van der Waals surface area contributed by atoms with Crippen LogP contribution < -0.4 is 9.88 Å². The molecule has 0 saturated carbocycles. The molecular weight excluding hydrogens is 270 g/mol. The SMILES string of the molecule is Cc1ccccc1Oc1csc(C)c1S(N)(=O)=O. The average molecular weight is 283 g/mol. The first-order valence-corrected chi connectivity index (χ1v) is 7.66. The van der Waals surface area contributed by atoms with Gasteiger partial charge in [-0.05, 0) is 25.5 Å². The second kappa shape index (κ2) is 4.72. The molecular formula is C12H13NO3S2. The Morgan fingerprint density at radius 1 is 1.17 bits per heavy atom. The fourth-order valence-electron chi connectivity index (χ4n) is 1.62. The molecule has 2 aromatic rings. The molecule has 0 fully saturated rings. The van der Waals surface area contributed by atoms with E-state index < -0.39 is 10.0 Å². The fourth-order valence-corrected chi connectivity index (χ4v) is 3.63. The van der Waals surface area contributed by atoms with E-state index in [0.29, 0.717) is 10.6 Å². The maximum Gasteiger partial charge on any atom is 0.242 e. The highest BCUT2D eigenvalue weighted by Crippen LogP contribution is 2.36. The summed E-state index contributed by atoms with van der Waals surface area (Å²) in [7, 11) is -3.77. The minimum absolute atomic E-state index is 0.0655. The third-order valence-corrected chi connectivity index (χ3v) is 4.58. The molecule has 1 aromatic heterocycles. The summed E-state index contributed by atoms with van der Waals surface area (Å²) < 4.78 is 28.7. The van der Waals surface area contributed by atoms with Crippen LogP contribution in [0.4, 0.5) is 0 Å². The van der Waals surface area contributed by atoms with Crippen LogP contribution in [0, 0.1) is 13.8 Å².